The highest BCUT2D eigenvalue weighted by molar-refractivity contribution is 7.09. The van der Waals surface area contributed by atoms with Crippen molar-refractivity contribution < 1.29 is 4.42 Å². The van der Waals surface area contributed by atoms with Crippen LogP contribution in [0.25, 0.3) is 0 Å². The van der Waals surface area contributed by atoms with Gasteiger partial charge >= 0.3 is 0 Å². The molecular formula is C13H20N4OS. The van der Waals surface area contributed by atoms with Crippen molar-refractivity contribution in [1.29, 1.82) is 0 Å². The Kier molecular flexibility index (Phi) is 4.55. The van der Waals surface area contributed by atoms with E-state index < -0.39 is 0 Å². The fraction of sp³-hybridized carbons (Fsp3) is 0.538. The molecule has 104 valence electrons. The Balaban J connectivity index is 1.94. The summed E-state index contributed by atoms with van der Waals surface area (Å²) >= 11 is 1.66. The van der Waals surface area contributed by atoms with Crippen LogP contribution in [0.5, 0.6) is 0 Å². The zero-order valence-electron chi connectivity index (χ0n) is 11.8. The number of hydrogen-bond acceptors (Lipinski definition) is 6. The van der Waals surface area contributed by atoms with E-state index in [9.17, 15) is 0 Å². The van der Waals surface area contributed by atoms with Gasteiger partial charge in [-0.3, -0.25) is 0 Å². The highest BCUT2D eigenvalue weighted by atomic mass is 32.1. The minimum atomic E-state index is 0.441. The minimum absolute atomic E-state index is 0.441. The van der Waals surface area contributed by atoms with Crippen LogP contribution < -0.4 is 10.2 Å². The molecule has 2 heterocycles. The van der Waals surface area contributed by atoms with Gasteiger partial charge in [0.2, 0.25) is 0 Å². The fourth-order valence-electron chi connectivity index (χ4n) is 1.65. The highest BCUT2D eigenvalue weighted by Gasteiger charge is 2.11. The largest absolute Gasteiger partial charge is 0.432 e. The molecular weight excluding hydrogens is 260 g/mol. The summed E-state index contributed by atoms with van der Waals surface area (Å²) in [4.78, 5) is 10.9. The van der Waals surface area contributed by atoms with E-state index in [0.29, 0.717) is 18.6 Å². The van der Waals surface area contributed by atoms with E-state index in [-0.39, 0.29) is 0 Å². The SMILES string of the molecule is Cc1nc(CN(C)c2nc(CNC(C)C)co2)cs1. The molecule has 19 heavy (non-hydrogen) atoms. The van der Waals surface area contributed by atoms with Crippen LogP contribution in [-0.2, 0) is 13.1 Å². The number of rotatable bonds is 6. The molecule has 0 unspecified atom stereocenters. The second kappa shape index (κ2) is 6.16. The molecule has 6 heteroatoms. The zero-order valence-corrected chi connectivity index (χ0v) is 12.6. The summed E-state index contributed by atoms with van der Waals surface area (Å²) in [5, 5.41) is 6.46. The van der Waals surface area contributed by atoms with Crippen LogP contribution in [-0.4, -0.2) is 23.1 Å². The summed E-state index contributed by atoms with van der Waals surface area (Å²) in [5.74, 6) is 0. The van der Waals surface area contributed by atoms with Crippen molar-refractivity contribution in [2.24, 2.45) is 0 Å². The first-order chi connectivity index (χ1) is 9.04. The normalized spacial score (nSPS) is 11.2. The van der Waals surface area contributed by atoms with Crippen molar-refractivity contribution in [2.45, 2.75) is 39.9 Å². The first-order valence-corrected chi connectivity index (χ1v) is 7.22. The summed E-state index contributed by atoms with van der Waals surface area (Å²) in [7, 11) is 1.96. The lowest BCUT2D eigenvalue weighted by molar-refractivity contribution is 0.539. The van der Waals surface area contributed by atoms with E-state index in [1.54, 1.807) is 17.6 Å². The van der Waals surface area contributed by atoms with Gasteiger partial charge in [0.05, 0.1) is 22.9 Å². The molecule has 0 fully saturated rings. The fourth-order valence-corrected chi connectivity index (χ4v) is 2.26. The number of aryl methyl sites for hydroxylation is 1. The number of aromatic nitrogens is 2. The van der Waals surface area contributed by atoms with Gasteiger partial charge < -0.3 is 14.6 Å². The van der Waals surface area contributed by atoms with E-state index in [0.717, 1.165) is 22.9 Å². The van der Waals surface area contributed by atoms with Gasteiger partial charge in [-0.25, -0.2) is 4.98 Å². The molecule has 0 atom stereocenters. The third-order valence-corrected chi connectivity index (χ3v) is 3.45. The standard InChI is InChI=1S/C13H20N4OS/c1-9(2)14-5-11-7-18-13(16-11)17(4)6-12-8-19-10(3)15-12/h7-9,14H,5-6H2,1-4H3. The molecule has 0 aliphatic heterocycles. The molecule has 0 radical (unpaired) electrons. The Morgan fingerprint density at radius 1 is 1.37 bits per heavy atom. The Morgan fingerprint density at radius 3 is 2.79 bits per heavy atom. The monoisotopic (exact) mass is 280 g/mol. The van der Waals surface area contributed by atoms with Crippen LogP contribution in [0.1, 0.15) is 30.2 Å². The Bertz CT molecular complexity index is 520. The van der Waals surface area contributed by atoms with Gasteiger partial charge in [0.15, 0.2) is 0 Å². The predicted octanol–water partition coefficient (Wildman–Crippen LogP) is 2.57. The molecule has 0 spiro atoms. The number of nitrogens with zero attached hydrogens (tertiary/aromatic N) is 3. The molecule has 0 saturated heterocycles. The molecule has 0 amide bonds. The third-order valence-electron chi connectivity index (χ3n) is 2.62. The van der Waals surface area contributed by atoms with E-state index >= 15 is 0 Å². The summed E-state index contributed by atoms with van der Waals surface area (Å²) in [6, 6.07) is 1.07. The molecule has 0 aliphatic rings. The van der Waals surface area contributed by atoms with Gasteiger partial charge in [0, 0.05) is 25.0 Å². The maximum Gasteiger partial charge on any atom is 0.297 e. The quantitative estimate of drug-likeness (QED) is 0.881. The van der Waals surface area contributed by atoms with Gasteiger partial charge in [0.1, 0.15) is 6.26 Å². The predicted molar refractivity (Wildman–Crippen MR) is 77.4 cm³/mol. The average Bonchev–Trinajstić information content (AvgIpc) is 2.95. The van der Waals surface area contributed by atoms with Crippen LogP contribution in [0, 0.1) is 6.92 Å². The molecule has 0 aromatic carbocycles. The third kappa shape index (κ3) is 4.04. The first-order valence-electron chi connectivity index (χ1n) is 6.34. The molecule has 0 saturated carbocycles. The number of oxazole rings is 1. The van der Waals surface area contributed by atoms with Crippen LogP contribution in [0.3, 0.4) is 0 Å². The first kappa shape index (κ1) is 14.0. The number of anilines is 1. The molecule has 0 aliphatic carbocycles. The van der Waals surface area contributed by atoms with E-state index in [2.05, 4.69) is 34.5 Å². The second-order valence-electron chi connectivity index (χ2n) is 4.87. The van der Waals surface area contributed by atoms with Crippen molar-refractivity contribution in [3.8, 4) is 0 Å². The molecule has 2 aromatic heterocycles. The lowest BCUT2D eigenvalue weighted by Gasteiger charge is -2.12. The van der Waals surface area contributed by atoms with E-state index in [4.69, 9.17) is 4.42 Å². The molecule has 2 rings (SSSR count). The maximum atomic E-state index is 5.49. The van der Waals surface area contributed by atoms with Crippen LogP contribution in [0.15, 0.2) is 16.1 Å². The number of thiazole rings is 1. The summed E-state index contributed by atoms with van der Waals surface area (Å²) < 4.78 is 5.49. The van der Waals surface area contributed by atoms with Crippen molar-refractivity contribution in [3.63, 3.8) is 0 Å². The van der Waals surface area contributed by atoms with Crippen LogP contribution in [0.2, 0.25) is 0 Å². The molecule has 1 N–H and O–H groups in total. The molecule has 5 nitrogen and oxygen atoms in total. The highest BCUT2D eigenvalue weighted by Crippen LogP contribution is 2.16. The van der Waals surface area contributed by atoms with E-state index in [1.165, 1.54) is 0 Å². The van der Waals surface area contributed by atoms with Crippen molar-refractivity contribution in [2.75, 3.05) is 11.9 Å². The number of nitrogens with one attached hydrogen (secondary N) is 1. The average molecular weight is 280 g/mol. The van der Waals surface area contributed by atoms with E-state index in [1.807, 2.05) is 18.9 Å². The van der Waals surface area contributed by atoms with Crippen molar-refractivity contribution >= 4 is 17.4 Å². The summed E-state index contributed by atoms with van der Waals surface area (Å²) in [6.45, 7) is 7.66. The zero-order chi connectivity index (χ0) is 13.8. The van der Waals surface area contributed by atoms with Gasteiger partial charge in [-0.1, -0.05) is 13.8 Å². The number of hydrogen-bond donors (Lipinski definition) is 1. The second-order valence-corrected chi connectivity index (χ2v) is 5.93. The Hall–Kier alpha value is -1.40. The van der Waals surface area contributed by atoms with Crippen LogP contribution in [0.4, 0.5) is 6.01 Å². The molecule has 2 aromatic rings. The summed E-state index contributed by atoms with van der Waals surface area (Å²) in [6.07, 6.45) is 1.70. The summed E-state index contributed by atoms with van der Waals surface area (Å²) in [5.41, 5.74) is 1.97. The minimum Gasteiger partial charge on any atom is -0.432 e. The Labute approximate surface area is 117 Å². The van der Waals surface area contributed by atoms with Crippen molar-refractivity contribution in [3.05, 3.63) is 28.0 Å². The van der Waals surface area contributed by atoms with Gasteiger partial charge in [-0.05, 0) is 6.92 Å². The lowest BCUT2D eigenvalue weighted by atomic mass is 10.4. The van der Waals surface area contributed by atoms with Gasteiger partial charge in [0.25, 0.3) is 6.01 Å². The van der Waals surface area contributed by atoms with Gasteiger partial charge in [-0.2, -0.15) is 4.98 Å². The smallest absolute Gasteiger partial charge is 0.297 e. The van der Waals surface area contributed by atoms with Gasteiger partial charge in [-0.15, -0.1) is 11.3 Å². The lowest BCUT2D eigenvalue weighted by Crippen LogP contribution is -2.22. The topological polar surface area (TPSA) is 54.2 Å². The van der Waals surface area contributed by atoms with Crippen molar-refractivity contribution in [1.82, 2.24) is 15.3 Å². The maximum absolute atomic E-state index is 5.49. The Morgan fingerprint density at radius 2 is 2.16 bits per heavy atom. The molecule has 0 bridgehead atoms. The van der Waals surface area contributed by atoms with Crippen LogP contribution >= 0.6 is 11.3 Å².